The summed E-state index contributed by atoms with van der Waals surface area (Å²) in [4.78, 5) is 12.6. The van der Waals surface area contributed by atoms with Crippen molar-refractivity contribution in [2.75, 3.05) is 25.0 Å². The Balaban J connectivity index is 1.58. The number of hydrogen-bond acceptors (Lipinski definition) is 4. The van der Waals surface area contributed by atoms with Crippen molar-refractivity contribution in [3.63, 3.8) is 0 Å². The van der Waals surface area contributed by atoms with E-state index in [0.29, 0.717) is 24.5 Å². The Morgan fingerprint density at radius 1 is 1.03 bits per heavy atom. The van der Waals surface area contributed by atoms with E-state index in [1.54, 1.807) is 28.6 Å². The van der Waals surface area contributed by atoms with Crippen molar-refractivity contribution in [1.82, 2.24) is 4.31 Å². The van der Waals surface area contributed by atoms with Gasteiger partial charge in [-0.2, -0.15) is 4.31 Å². The summed E-state index contributed by atoms with van der Waals surface area (Å²) in [5.74, 6) is 0.270. The lowest BCUT2D eigenvalue weighted by molar-refractivity contribution is -0.118. The van der Waals surface area contributed by atoms with E-state index >= 15 is 0 Å². The lowest BCUT2D eigenvalue weighted by atomic mass is 9.87. The Bertz CT molecular complexity index is 1040. The number of benzene rings is 2. The summed E-state index contributed by atoms with van der Waals surface area (Å²) >= 11 is 3.50. The number of rotatable bonds is 6. The quantitative estimate of drug-likeness (QED) is 0.556. The van der Waals surface area contributed by atoms with Gasteiger partial charge in [0.15, 0.2) is 6.61 Å². The molecule has 0 aliphatic carbocycles. The van der Waals surface area contributed by atoms with Crippen molar-refractivity contribution in [3.8, 4) is 5.75 Å². The molecule has 1 fully saturated rings. The summed E-state index contributed by atoms with van der Waals surface area (Å²) in [6, 6.07) is 12.1. The van der Waals surface area contributed by atoms with Crippen LogP contribution in [-0.2, 0) is 20.2 Å². The van der Waals surface area contributed by atoms with Gasteiger partial charge in [-0.3, -0.25) is 4.79 Å². The molecule has 0 unspecified atom stereocenters. The topological polar surface area (TPSA) is 75.7 Å². The molecule has 0 bridgehead atoms. The molecule has 1 amide bonds. The van der Waals surface area contributed by atoms with Gasteiger partial charge in [-0.05, 0) is 76.1 Å². The van der Waals surface area contributed by atoms with Crippen molar-refractivity contribution in [3.05, 3.63) is 52.5 Å². The zero-order valence-corrected chi connectivity index (χ0v) is 21.3. The number of carbonyl (C=O) groups excluding carboxylic acids is 1. The Morgan fingerprint density at radius 2 is 1.66 bits per heavy atom. The maximum absolute atomic E-state index is 12.9. The van der Waals surface area contributed by atoms with Crippen LogP contribution >= 0.6 is 15.9 Å². The van der Waals surface area contributed by atoms with Gasteiger partial charge >= 0.3 is 0 Å². The molecule has 0 saturated carbocycles. The molecule has 3 rings (SSSR count). The highest BCUT2D eigenvalue weighted by molar-refractivity contribution is 9.10. The van der Waals surface area contributed by atoms with Crippen LogP contribution in [0.5, 0.6) is 5.75 Å². The summed E-state index contributed by atoms with van der Waals surface area (Å²) in [7, 11) is -3.51. The second kappa shape index (κ2) is 10.4. The maximum Gasteiger partial charge on any atom is 0.262 e. The van der Waals surface area contributed by atoms with Crippen molar-refractivity contribution in [1.29, 1.82) is 0 Å². The highest BCUT2D eigenvalue weighted by atomic mass is 79.9. The first-order chi connectivity index (χ1) is 15.1. The summed E-state index contributed by atoms with van der Waals surface area (Å²) < 4.78 is 33.7. The molecule has 1 aliphatic heterocycles. The van der Waals surface area contributed by atoms with E-state index in [4.69, 9.17) is 4.74 Å². The SMILES string of the molecule is CC(C)(C)c1ccc(OCC(=O)Nc2ccc(S(=O)(=O)N3CCCCCC3)cc2)c(Br)c1. The molecular formula is C24H31BrN2O4S. The molecule has 1 N–H and O–H groups in total. The van der Waals surface area contributed by atoms with Crippen molar-refractivity contribution >= 4 is 37.5 Å². The van der Waals surface area contributed by atoms with Crippen LogP contribution in [0.1, 0.15) is 52.0 Å². The van der Waals surface area contributed by atoms with Crippen LogP contribution in [0.15, 0.2) is 51.8 Å². The van der Waals surface area contributed by atoms with E-state index in [1.807, 2.05) is 18.2 Å². The monoisotopic (exact) mass is 522 g/mol. The molecule has 2 aromatic carbocycles. The minimum atomic E-state index is -3.51. The maximum atomic E-state index is 12.9. The Kier molecular flexibility index (Phi) is 8.01. The van der Waals surface area contributed by atoms with E-state index < -0.39 is 10.0 Å². The fourth-order valence-corrected chi connectivity index (χ4v) is 5.58. The van der Waals surface area contributed by atoms with Crippen LogP contribution < -0.4 is 10.1 Å². The number of halogens is 1. The number of carbonyl (C=O) groups is 1. The van der Waals surface area contributed by atoms with Crippen molar-refractivity contribution in [2.24, 2.45) is 0 Å². The largest absolute Gasteiger partial charge is 0.483 e. The lowest BCUT2D eigenvalue weighted by Crippen LogP contribution is -2.31. The van der Waals surface area contributed by atoms with Gasteiger partial charge in [0.2, 0.25) is 10.0 Å². The Hall–Kier alpha value is -1.90. The van der Waals surface area contributed by atoms with E-state index in [9.17, 15) is 13.2 Å². The second-order valence-electron chi connectivity index (χ2n) is 9.07. The molecule has 1 saturated heterocycles. The Morgan fingerprint density at radius 3 is 2.22 bits per heavy atom. The van der Waals surface area contributed by atoms with Crippen LogP contribution in [0.4, 0.5) is 5.69 Å². The first kappa shape index (κ1) is 24.7. The van der Waals surface area contributed by atoms with Gasteiger partial charge in [0.1, 0.15) is 5.75 Å². The molecule has 174 valence electrons. The molecule has 0 aromatic heterocycles. The highest BCUT2D eigenvalue weighted by Crippen LogP contribution is 2.31. The minimum absolute atomic E-state index is 0.0191. The molecule has 6 nitrogen and oxygen atoms in total. The molecular weight excluding hydrogens is 492 g/mol. The Labute approximate surface area is 199 Å². The van der Waals surface area contributed by atoms with E-state index in [-0.39, 0.29) is 22.8 Å². The van der Waals surface area contributed by atoms with Crippen LogP contribution in [-0.4, -0.2) is 38.3 Å². The summed E-state index contributed by atoms with van der Waals surface area (Å²) in [6.45, 7) is 7.36. The van der Waals surface area contributed by atoms with Crippen LogP contribution in [0, 0.1) is 0 Å². The molecule has 32 heavy (non-hydrogen) atoms. The third-order valence-corrected chi connectivity index (χ3v) is 8.03. The zero-order valence-electron chi connectivity index (χ0n) is 18.9. The fraction of sp³-hybridized carbons (Fsp3) is 0.458. The molecule has 1 aliphatic rings. The van der Waals surface area contributed by atoms with Gasteiger partial charge in [0, 0.05) is 18.8 Å². The van der Waals surface area contributed by atoms with Crippen molar-refractivity contribution in [2.45, 2.75) is 56.8 Å². The average Bonchev–Trinajstić information content (AvgIpc) is 3.03. The van der Waals surface area contributed by atoms with Gasteiger partial charge in [0.25, 0.3) is 5.91 Å². The molecule has 8 heteroatoms. The van der Waals surface area contributed by atoms with Crippen molar-refractivity contribution < 1.29 is 17.9 Å². The van der Waals surface area contributed by atoms with Gasteiger partial charge in [-0.15, -0.1) is 0 Å². The number of nitrogens with zero attached hydrogens (tertiary/aromatic N) is 1. The van der Waals surface area contributed by atoms with Gasteiger partial charge < -0.3 is 10.1 Å². The lowest BCUT2D eigenvalue weighted by Gasteiger charge is -2.20. The number of anilines is 1. The predicted octanol–water partition coefficient (Wildman–Crippen LogP) is 5.33. The summed E-state index contributed by atoms with van der Waals surface area (Å²) in [5.41, 5.74) is 1.71. The standard InChI is InChI=1S/C24H31BrN2O4S/c1-24(2,3)18-8-13-22(21(25)16-18)31-17-23(28)26-19-9-11-20(12-10-19)32(29,30)27-14-6-4-5-7-15-27/h8-13,16H,4-7,14-15,17H2,1-3H3,(H,26,28). The van der Waals surface area contributed by atoms with E-state index in [2.05, 4.69) is 42.0 Å². The first-order valence-electron chi connectivity index (χ1n) is 10.9. The fourth-order valence-electron chi connectivity index (χ4n) is 3.57. The number of hydrogen-bond donors (Lipinski definition) is 1. The first-order valence-corrected chi connectivity index (χ1v) is 13.1. The van der Waals surface area contributed by atoms with E-state index in [1.165, 1.54) is 0 Å². The number of nitrogens with one attached hydrogen (secondary N) is 1. The third kappa shape index (κ3) is 6.33. The zero-order chi connectivity index (χ0) is 23.4. The molecule has 0 radical (unpaired) electrons. The summed E-state index contributed by atoms with van der Waals surface area (Å²) in [6.07, 6.45) is 3.91. The highest BCUT2D eigenvalue weighted by Gasteiger charge is 2.25. The number of sulfonamides is 1. The van der Waals surface area contributed by atoms with Gasteiger partial charge in [-0.25, -0.2) is 8.42 Å². The van der Waals surface area contributed by atoms with E-state index in [0.717, 1.165) is 35.7 Å². The van der Waals surface area contributed by atoms with Gasteiger partial charge in [0.05, 0.1) is 9.37 Å². The van der Waals surface area contributed by atoms with Gasteiger partial charge in [-0.1, -0.05) is 39.7 Å². The third-order valence-electron chi connectivity index (χ3n) is 5.50. The summed E-state index contributed by atoms with van der Waals surface area (Å²) in [5, 5.41) is 2.75. The van der Waals surface area contributed by atoms with Crippen LogP contribution in [0.3, 0.4) is 0 Å². The average molecular weight is 523 g/mol. The van der Waals surface area contributed by atoms with Crippen LogP contribution in [0.25, 0.3) is 0 Å². The van der Waals surface area contributed by atoms with Crippen LogP contribution in [0.2, 0.25) is 0 Å². The minimum Gasteiger partial charge on any atom is -0.483 e. The number of amides is 1. The normalized spacial score (nSPS) is 15.8. The molecule has 0 spiro atoms. The molecule has 1 heterocycles. The predicted molar refractivity (Wildman–Crippen MR) is 131 cm³/mol. The molecule has 2 aromatic rings. The smallest absolute Gasteiger partial charge is 0.262 e. The second-order valence-corrected chi connectivity index (χ2v) is 11.9. The number of ether oxygens (including phenoxy) is 1. The molecule has 0 atom stereocenters.